The third kappa shape index (κ3) is 13.2. The molecular formula is C26H37Cl2NO7. The first-order valence-corrected chi connectivity index (χ1v) is 11.9. The van der Waals surface area contributed by atoms with Crippen molar-refractivity contribution < 1.29 is 34.1 Å². The highest BCUT2D eigenvalue weighted by Crippen LogP contribution is 2.28. The van der Waals surface area contributed by atoms with Crippen LogP contribution in [-0.2, 0) is 19.1 Å². The summed E-state index contributed by atoms with van der Waals surface area (Å²) in [6, 6.07) is 6.81. The first-order chi connectivity index (χ1) is 16.7. The number of nitrogens with zero attached hydrogens (tertiary/aromatic N) is 1. The molecule has 10 heteroatoms. The van der Waals surface area contributed by atoms with Gasteiger partial charge in [0.1, 0.15) is 24.7 Å². The van der Waals surface area contributed by atoms with E-state index in [1.165, 1.54) is 0 Å². The van der Waals surface area contributed by atoms with Crippen LogP contribution in [-0.4, -0.2) is 79.2 Å². The second-order valence-electron chi connectivity index (χ2n) is 8.34. The molecule has 4 atom stereocenters. The van der Waals surface area contributed by atoms with Crippen molar-refractivity contribution in [3.63, 3.8) is 0 Å². The summed E-state index contributed by atoms with van der Waals surface area (Å²) >= 11 is 5.72. The minimum Gasteiger partial charge on any atom is -0.482 e. The Balaban J connectivity index is 0.000000663. The van der Waals surface area contributed by atoms with Crippen molar-refractivity contribution in [2.75, 3.05) is 33.9 Å². The zero-order chi connectivity index (χ0) is 26.2. The number of unbranched alkanes of at least 4 members (excludes halogenated alkanes) is 1. The molecule has 1 aromatic rings. The number of halogens is 2. The number of benzene rings is 1. The van der Waals surface area contributed by atoms with Crippen molar-refractivity contribution in [3.8, 4) is 5.75 Å². The number of aliphatic hydroxyl groups excluding tert-OH is 2. The number of ether oxygens (including phenoxy) is 2. The topological polar surface area (TPSA) is 113 Å². The zero-order valence-corrected chi connectivity index (χ0v) is 22.5. The first-order valence-electron chi connectivity index (χ1n) is 11.6. The molecule has 0 aliphatic heterocycles. The van der Waals surface area contributed by atoms with Crippen molar-refractivity contribution in [3.05, 3.63) is 53.6 Å². The van der Waals surface area contributed by atoms with Gasteiger partial charge >= 0.3 is 5.97 Å². The Morgan fingerprint density at radius 1 is 1.19 bits per heavy atom. The molecule has 1 aromatic carbocycles. The van der Waals surface area contributed by atoms with E-state index in [4.69, 9.17) is 21.1 Å². The Bertz CT molecular complexity index is 843. The van der Waals surface area contributed by atoms with Gasteiger partial charge in [-0.25, -0.2) is 4.79 Å². The van der Waals surface area contributed by atoms with Crippen LogP contribution in [0.1, 0.15) is 26.2 Å². The number of aliphatic hydroxyl groups is 2. The summed E-state index contributed by atoms with van der Waals surface area (Å²) in [5.74, 6) is -1.55. The van der Waals surface area contributed by atoms with Crippen molar-refractivity contribution >= 4 is 42.0 Å². The minimum atomic E-state index is -1.43. The van der Waals surface area contributed by atoms with Gasteiger partial charge in [-0.2, -0.15) is 0 Å². The highest BCUT2D eigenvalue weighted by Gasteiger charge is 2.41. The number of hydrogen-bond acceptors (Lipinski definition) is 8. The average Bonchev–Trinajstić information content (AvgIpc) is 2.82. The van der Waals surface area contributed by atoms with E-state index in [0.29, 0.717) is 30.2 Å². The maximum Gasteiger partial charge on any atom is 0.344 e. The number of carbonyl (C=O) groups is 3. The van der Waals surface area contributed by atoms with Crippen molar-refractivity contribution in [1.29, 1.82) is 0 Å². The maximum atomic E-state index is 11.6. The molecule has 1 fully saturated rings. The summed E-state index contributed by atoms with van der Waals surface area (Å²) in [5, 5.41) is 19.6. The van der Waals surface area contributed by atoms with Gasteiger partial charge < -0.3 is 29.4 Å². The smallest absolute Gasteiger partial charge is 0.344 e. The lowest BCUT2D eigenvalue weighted by Gasteiger charge is -2.31. The van der Waals surface area contributed by atoms with Gasteiger partial charge in [-0.1, -0.05) is 49.2 Å². The van der Waals surface area contributed by atoms with Crippen LogP contribution in [0.3, 0.4) is 0 Å². The molecule has 0 bridgehead atoms. The Kier molecular flexibility index (Phi) is 17.8. The van der Waals surface area contributed by atoms with Crippen LogP contribution in [0.5, 0.6) is 5.75 Å². The summed E-state index contributed by atoms with van der Waals surface area (Å²) in [5.41, 5.74) is 0. The highest BCUT2D eigenvalue weighted by molar-refractivity contribution is 6.30. The largest absolute Gasteiger partial charge is 0.482 e. The Hall–Kier alpha value is -2.23. The maximum absolute atomic E-state index is 11.6. The molecule has 202 valence electrons. The average molecular weight is 546 g/mol. The fourth-order valence-electron chi connectivity index (χ4n) is 3.12. The lowest BCUT2D eigenvalue weighted by atomic mass is 9.76. The molecule has 0 spiro atoms. The van der Waals surface area contributed by atoms with E-state index in [1.54, 1.807) is 36.4 Å². The Morgan fingerprint density at radius 2 is 1.86 bits per heavy atom. The lowest BCUT2D eigenvalue weighted by molar-refractivity contribution is -0.147. The van der Waals surface area contributed by atoms with Gasteiger partial charge in [0.15, 0.2) is 12.4 Å². The standard InChI is InChI=1S/C14H20O4.C12H16ClNO3.ClH/c1-2-3-4-5-6-7-10-8-12(16)14(18)13(17)11(10)9-15;1-14(2)7-8-16-12(15)9-17-11-5-3-10(13)4-6-11;/h4-7,9-12,14,16,18H,2-3,8H2,1H3;3-6H,7-9H2,1-2H3;1H. The van der Waals surface area contributed by atoms with Gasteiger partial charge in [-0.05, 0) is 57.1 Å². The summed E-state index contributed by atoms with van der Waals surface area (Å²) < 4.78 is 10.2. The van der Waals surface area contributed by atoms with E-state index >= 15 is 0 Å². The number of esters is 1. The minimum absolute atomic E-state index is 0. The molecule has 1 saturated carbocycles. The lowest BCUT2D eigenvalue weighted by Crippen LogP contribution is -2.47. The number of allylic oxidation sites excluding steroid dienone is 4. The number of hydrogen-bond donors (Lipinski definition) is 2. The van der Waals surface area contributed by atoms with Crippen molar-refractivity contribution in [1.82, 2.24) is 4.90 Å². The highest BCUT2D eigenvalue weighted by atomic mass is 35.5. The van der Waals surface area contributed by atoms with Crippen LogP contribution < -0.4 is 4.74 Å². The van der Waals surface area contributed by atoms with Crippen LogP contribution in [0.2, 0.25) is 5.02 Å². The van der Waals surface area contributed by atoms with E-state index in [9.17, 15) is 24.6 Å². The monoisotopic (exact) mass is 545 g/mol. The van der Waals surface area contributed by atoms with Crippen molar-refractivity contribution in [2.24, 2.45) is 11.8 Å². The normalized spacial score (nSPS) is 21.6. The fraction of sp³-hybridized carbons (Fsp3) is 0.500. The summed E-state index contributed by atoms with van der Waals surface area (Å²) in [6.07, 6.45) is 7.72. The summed E-state index contributed by atoms with van der Waals surface area (Å²) in [6.45, 7) is 3.06. The molecule has 0 aromatic heterocycles. The number of Topliss-reactive ketones (excluding diaryl/α,β-unsaturated/α-hetero) is 1. The van der Waals surface area contributed by atoms with Gasteiger partial charge in [-0.15, -0.1) is 12.4 Å². The second kappa shape index (κ2) is 19.0. The predicted octanol–water partition coefficient (Wildman–Crippen LogP) is 3.27. The molecular weight excluding hydrogens is 509 g/mol. The fourth-order valence-corrected chi connectivity index (χ4v) is 3.25. The van der Waals surface area contributed by atoms with Crippen LogP contribution >= 0.6 is 24.0 Å². The molecule has 1 aliphatic carbocycles. The molecule has 0 radical (unpaired) electrons. The van der Waals surface area contributed by atoms with Gasteiger partial charge in [0, 0.05) is 11.6 Å². The van der Waals surface area contributed by atoms with E-state index in [1.807, 2.05) is 31.1 Å². The number of aldehydes is 1. The predicted molar refractivity (Wildman–Crippen MR) is 142 cm³/mol. The van der Waals surface area contributed by atoms with Crippen LogP contribution in [0.4, 0.5) is 0 Å². The van der Waals surface area contributed by atoms with Crippen LogP contribution in [0.15, 0.2) is 48.6 Å². The van der Waals surface area contributed by atoms with Gasteiger partial charge in [0.2, 0.25) is 0 Å². The number of ketones is 1. The Labute approximate surface area is 224 Å². The summed E-state index contributed by atoms with van der Waals surface area (Å²) in [7, 11) is 3.83. The molecule has 1 aliphatic rings. The Morgan fingerprint density at radius 3 is 2.44 bits per heavy atom. The molecule has 2 N–H and O–H groups in total. The number of likely N-dealkylation sites (N-methyl/N-ethyl adjacent to an activating group) is 1. The molecule has 2 rings (SSSR count). The molecule has 0 saturated heterocycles. The SMILES string of the molecule is CCCC=CC=CC1CC(O)C(O)C(=O)C1C=O.CN(C)CCOC(=O)COc1ccc(Cl)cc1.Cl. The second-order valence-corrected chi connectivity index (χ2v) is 8.78. The quantitative estimate of drug-likeness (QED) is 0.188. The molecule has 8 nitrogen and oxygen atoms in total. The van der Waals surface area contributed by atoms with E-state index in [2.05, 4.69) is 6.92 Å². The van der Waals surface area contributed by atoms with Crippen LogP contribution in [0, 0.1) is 11.8 Å². The molecule has 0 heterocycles. The van der Waals surface area contributed by atoms with Gasteiger partial charge in [0.05, 0.1) is 12.0 Å². The zero-order valence-electron chi connectivity index (χ0n) is 20.9. The van der Waals surface area contributed by atoms with E-state index in [-0.39, 0.29) is 37.3 Å². The third-order valence-corrected chi connectivity index (χ3v) is 5.39. The first kappa shape index (κ1) is 33.8. The summed E-state index contributed by atoms with van der Waals surface area (Å²) in [4.78, 5) is 35.7. The molecule has 0 amide bonds. The molecule has 4 unspecified atom stereocenters. The van der Waals surface area contributed by atoms with E-state index < -0.39 is 23.9 Å². The van der Waals surface area contributed by atoms with Gasteiger partial charge in [-0.3, -0.25) is 4.79 Å². The van der Waals surface area contributed by atoms with E-state index in [0.717, 1.165) is 12.8 Å². The number of rotatable bonds is 11. The van der Waals surface area contributed by atoms with Crippen molar-refractivity contribution in [2.45, 2.75) is 38.4 Å². The molecule has 36 heavy (non-hydrogen) atoms. The van der Waals surface area contributed by atoms with Gasteiger partial charge in [0.25, 0.3) is 0 Å². The number of carbonyl (C=O) groups excluding carboxylic acids is 3. The van der Waals surface area contributed by atoms with Crippen LogP contribution in [0.25, 0.3) is 0 Å². The third-order valence-electron chi connectivity index (χ3n) is 5.14.